The predicted molar refractivity (Wildman–Crippen MR) is 89.2 cm³/mol. The van der Waals surface area contributed by atoms with E-state index in [-0.39, 0.29) is 5.41 Å². The fourth-order valence-electron chi connectivity index (χ4n) is 1.93. The highest BCUT2D eigenvalue weighted by atomic mass is 32.1. The van der Waals surface area contributed by atoms with E-state index in [1.807, 2.05) is 20.9 Å². The maximum atomic E-state index is 4.69. The van der Waals surface area contributed by atoms with Crippen LogP contribution in [0.3, 0.4) is 0 Å². The molecule has 0 saturated carbocycles. The monoisotopic (exact) mass is 305 g/mol. The lowest BCUT2D eigenvalue weighted by atomic mass is 9.95. The number of anilines is 2. The van der Waals surface area contributed by atoms with Gasteiger partial charge in [0.1, 0.15) is 17.5 Å². The normalized spacial score (nSPS) is 11.5. The van der Waals surface area contributed by atoms with Crippen LogP contribution in [0, 0.1) is 13.8 Å². The Morgan fingerprint density at radius 2 is 1.76 bits per heavy atom. The molecule has 0 radical (unpaired) electrons. The van der Waals surface area contributed by atoms with Crippen LogP contribution in [0.1, 0.15) is 42.9 Å². The van der Waals surface area contributed by atoms with Crippen molar-refractivity contribution >= 4 is 23.0 Å². The van der Waals surface area contributed by atoms with E-state index in [1.165, 1.54) is 0 Å². The molecule has 0 fully saturated rings. The summed E-state index contributed by atoms with van der Waals surface area (Å²) in [5, 5.41) is 9.68. The zero-order valence-electron chi connectivity index (χ0n) is 13.5. The summed E-state index contributed by atoms with van der Waals surface area (Å²) in [7, 11) is 1.88. The van der Waals surface area contributed by atoms with Crippen LogP contribution in [-0.2, 0) is 12.0 Å². The van der Waals surface area contributed by atoms with E-state index in [0.717, 1.165) is 33.7 Å². The first kappa shape index (κ1) is 15.7. The van der Waals surface area contributed by atoms with Gasteiger partial charge in [-0.1, -0.05) is 20.8 Å². The first-order chi connectivity index (χ1) is 9.81. The molecule has 2 heterocycles. The second-order valence-electron chi connectivity index (χ2n) is 6.08. The maximum Gasteiger partial charge on any atom is 0.138 e. The molecule has 6 heteroatoms. The molecule has 2 rings (SSSR count). The maximum absolute atomic E-state index is 4.69. The van der Waals surface area contributed by atoms with E-state index in [9.17, 15) is 0 Å². The molecule has 0 aliphatic carbocycles. The van der Waals surface area contributed by atoms with E-state index in [2.05, 4.69) is 51.7 Å². The van der Waals surface area contributed by atoms with Gasteiger partial charge in [0.15, 0.2) is 0 Å². The number of hydrogen-bond donors (Lipinski definition) is 2. The minimum Gasteiger partial charge on any atom is -0.373 e. The van der Waals surface area contributed by atoms with Gasteiger partial charge in [0.25, 0.3) is 0 Å². The van der Waals surface area contributed by atoms with Crippen molar-refractivity contribution < 1.29 is 0 Å². The Hall–Kier alpha value is -1.69. The summed E-state index contributed by atoms with van der Waals surface area (Å²) in [6.07, 6.45) is 0. The summed E-state index contributed by atoms with van der Waals surface area (Å²) in [4.78, 5) is 13.8. The molecule has 0 aromatic carbocycles. The second kappa shape index (κ2) is 5.97. The van der Waals surface area contributed by atoms with E-state index < -0.39 is 0 Å². The summed E-state index contributed by atoms with van der Waals surface area (Å²) in [5.41, 5.74) is 1.98. The van der Waals surface area contributed by atoms with Crippen LogP contribution in [-0.4, -0.2) is 22.0 Å². The highest BCUT2D eigenvalue weighted by Crippen LogP contribution is 2.26. The van der Waals surface area contributed by atoms with Gasteiger partial charge in [0, 0.05) is 23.4 Å². The predicted octanol–water partition coefficient (Wildman–Crippen LogP) is 3.50. The van der Waals surface area contributed by atoms with Crippen LogP contribution in [0.2, 0.25) is 0 Å². The van der Waals surface area contributed by atoms with E-state index in [0.29, 0.717) is 6.54 Å². The van der Waals surface area contributed by atoms with Gasteiger partial charge < -0.3 is 10.6 Å². The van der Waals surface area contributed by atoms with Gasteiger partial charge in [-0.05, 0) is 13.8 Å². The SMILES string of the molecule is CNc1nc(C(C)(C)C)nc(NCc2csc(C)n2)c1C. The van der Waals surface area contributed by atoms with Gasteiger partial charge in [-0.2, -0.15) is 0 Å². The molecule has 114 valence electrons. The number of thiazole rings is 1. The van der Waals surface area contributed by atoms with Gasteiger partial charge in [0.05, 0.1) is 17.2 Å². The van der Waals surface area contributed by atoms with Crippen LogP contribution < -0.4 is 10.6 Å². The highest BCUT2D eigenvalue weighted by Gasteiger charge is 2.20. The third kappa shape index (κ3) is 3.69. The summed E-state index contributed by atoms with van der Waals surface area (Å²) >= 11 is 1.66. The molecule has 5 nitrogen and oxygen atoms in total. The van der Waals surface area contributed by atoms with Crippen molar-refractivity contribution in [1.82, 2.24) is 15.0 Å². The Labute approximate surface area is 130 Å². The Kier molecular flexibility index (Phi) is 4.46. The van der Waals surface area contributed by atoms with E-state index in [4.69, 9.17) is 0 Å². The summed E-state index contributed by atoms with van der Waals surface area (Å²) in [5.74, 6) is 2.56. The molecule has 0 amide bonds. The quantitative estimate of drug-likeness (QED) is 0.905. The van der Waals surface area contributed by atoms with Crippen molar-refractivity contribution in [3.05, 3.63) is 27.5 Å². The number of aromatic nitrogens is 3. The molecule has 0 spiro atoms. The van der Waals surface area contributed by atoms with Crippen LogP contribution >= 0.6 is 11.3 Å². The Bertz CT molecular complexity index is 627. The molecule has 2 aromatic rings. The van der Waals surface area contributed by atoms with Crippen molar-refractivity contribution in [2.45, 2.75) is 46.6 Å². The number of aryl methyl sites for hydroxylation is 1. The molecule has 2 aromatic heterocycles. The van der Waals surface area contributed by atoms with Crippen LogP contribution in [0.25, 0.3) is 0 Å². The lowest BCUT2D eigenvalue weighted by Gasteiger charge is -2.20. The molecular formula is C15H23N5S. The standard InChI is InChI=1S/C15H23N5S/c1-9-12(16-6)19-14(15(3,4)5)20-13(9)17-7-11-8-21-10(2)18-11/h8H,7H2,1-6H3,(H2,16,17,19,20). The molecule has 0 unspecified atom stereocenters. The topological polar surface area (TPSA) is 62.7 Å². The van der Waals surface area contributed by atoms with Crippen molar-refractivity contribution in [3.63, 3.8) is 0 Å². The zero-order valence-corrected chi connectivity index (χ0v) is 14.4. The fourth-order valence-corrected chi connectivity index (χ4v) is 2.54. The molecule has 2 N–H and O–H groups in total. The van der Waals surface area contributed by atoms with Crippen LogP contribution in [0.5, 0.6) is 0 Å². The second-order valence-corrected chi connectivity index (χ2v) is 7.14. The molecular weight excluding hydrogens is 282 g/mol. The largest absolute Gasteiger partial charge is 0.373 e. The molecule has 0 atom stereocenters. The zero-order chi connectivity index (χ0) is 15.6. The first-order valence-corrected chi connectivity index (χ1v) is 7.91. The Morgan fingerprint density at radius 3 is 2.29 bits per heavy atom. The third-order valence-corrected chi connectivity index (χ3v) is 3.98. The average molecular weight is 305 g/mol. The van der Waals surface area contributed by atoms with Crippen LogP contribution in [0.15, 0.2) is 5.38 Å². The van der Waals surface area contributed by atoms with Crippen molar-refractivity contribution in [2.24, 2.45) is 0 Å². The van der Waals surface area contributed by atoms with Crippen molar-refractivity contribution in [3.8, 4) is 0 Å². The number of nitrogens with zero attached hydrogens (tertiary/aromatic N) is 3. The summed E-state index contributed by atoms with van der Waals surface area (Å²) < 4.78 is 0. The van der Waals surface area contributed by atoms with Crippen LogP contribution in [0.4, 0.5) is 11.6 Å². The number of rotatable bonds is 4. The van der Waals surface area contributed by atoms with Gasteiger partial charge >= 0.3 is 0 Å². The molecule has 0 aliphatic rings. The Morgan fingerprint density at radius 1 is 1.10 bits per heavy atom. The molecule has 21 heavy (non-hydrogen) atoms. The average Bonchev–Trinajstić information content (AvgIpc) is 2.82. The van der Waals surface area contributed by atoms with Gasteiger partial charge in [-0.15, -0.1) is 11.3 Å². The van der Waals surface area contributed by atoms with Gasteiger partial charge in [-0.25, -0.2) is 15.0 Å². The fraction of sp³-hybridized carbons (Fsp3) is 0.533. The van der Waals surface area contributed by atoms with Crippen molar-refractivity contribution in [2.75, 3.05) is 17.7 Å². The smallest absolute Gasteiger partial charge is 0.138 e. The lowest BCUT2D eigenvalue weighted by molar-refractivity contribution is 0.546. The minimum atomic E-state index is -0.0903. The number of hydrogen-bond acceptors (Lipinski definition) is 6. The summed E-state index contributed by atoms with van der Waals surface area (Å²) in [6.45, 7) is 11.1. The summed E-state index contributed by atoms with van der Waals surface area (Å²) in [6, 6.07) is 0. The van der Waals surface area contributed by atoms with E-state index >= 15 is 0 Å². The minimum absolute atomic E-state index is 0.0903. The lowest BCUT2D eigenvalue weighted by Crippen LogP contribution is -2.19. The molecule has 0 bridgehead atoms. The van der Waals surface area contributed by atoms with E-state index in [1.54, 1.807) is 11.3 Å². The number of nitrogens with one attached hydrogen (secondary N) is 2. The van der Waals surface area contributed by atoms with Gasteiger partial charge in [-0.3, -0.25) is 0 Å². The highest BCUT2D eigenvalue weighted by molar-refractivity contribution is 7.09. The molecule has 0 aliphatic heterocycles. The first-order valence-electron chi connectivity index (χ1n) is 7.03. The van der Waals surface area contributed by atoms with Crippen molar-refractivity contribution in [1.29, 1.82) is 0 Å². The van der Waals surface area contributed by atoms with Gasteiger partial charge in [0.2, 0.25) is 0 Å². The Balaban J connectivity index is 2.28. The molecule has 0 saturated heterocycles. The third-order valence-electron chi connectivity index (χ3n) is 3.16.